The molecule has 288 valence electrons. The van der Waals surface area contributed by atoms with Crippen molar-refractivity contribution in [3.63, 3.8) is 0 Å². The Labute approximate surface area is 309 Å². The molecule has 0 bridgehead atoms. The molecular weight excluding hydrogens is 785 g/mol. The van der Waals surface area contributed by atoms with Gasteiger partial charge in [-0.3, -0.25) is 14.3 Å². The number of pyridine rings is 1. The molecule has 3 N–H and O–H groups in total. The topological polar surface area (TPSA) is 160 Å². The molecule has 1 fully saturated rings. The number of nitro groups is 1. The third-order valence-electron chi connectivity index (χ3n) is 7.27. The average molecular weight is 810 g/mol. The van der Waals surface area contributed by atoms with E-state index >= 15 is 0 Å². The predicted molar refractivity (Wildman–Crippen MR) is 177 cm³/mol. The third kappa shape index (κ3) is 10.1. The van der Waals surface area contributed by atoms with E-state index in [1.54, 1.807) is 47.5 Å². The summed E-state index contributed by atoms with van der Waals surface area (Å²) in [5.41, 5.74) is -5.65. The fourth-order valence-corrected chi connectivity index (χ4v) is 5.13. The molecule has 3 heterocycles. The van der Waals surface area contributed by atoms with Crippen LogP contribution in [0.25, 0.3) is 0 Å². The molecule has 23 heteroatoms. The molecule has 1 aliphatic heterocycles. The van der Waals surface area contributed by atoms with Gasteiger partial charge in [0, 0.05) is 45.1 Å². The van der Waals surface area contributed by atoms with Crippen LogP contribution < -0.4 is 16.0 Å². The van der Waals surface area contributed by atoms with Gasteiger partial charge in [0.1, 0.15) is 21.5 Å². The van der Waals surface area contributed by atoms with Gasteiger partial charge in [0.2, 0.25) is 0 Å². The lowest BCUT2D eigenvalue weighted by atomic mass is 10.1. The zero-order valence-electron chi connectivity index (χ0n) is 27.3. The maximum absolute atomic E-state index is 13.8. The van der Waals surface area contributed by atoms with Crippen molar-refractivity contribution in [1.29, 1.82) is 0 Å². The second kappa shape index (κ2) is 16.6. The van der Waals surface area contributed by atoms with E-state index in [-0.39, 0.29) is 33.5 Å². The molecule has 0 atom stereocenters. The van der Waals surface area contributed by atoms with E-state index in [9.17, 15) is 54.8 Å². The normalized spacial score (nSPS) is 13.9. The van der Waals surface area contributed by atoms with E-state index in [0.717, 1.165) is 29.3 Å². The molecule has 0 radical (unpaired) electrons. The Morgan fingerprint density at radius 3 is 2.26 bits per heavy atom. The Bertz CT molecular complexity index is 2030. The zero-order valence-corrected chi connectivity index (χ0v) is 28.8. The van der Waals surface area contributed by atoms with Crippen molar-refractivity contribution >= 4 is 46.7 Å². The maximum atomic E-state index is 13.8. The number of nitrogens with zero attached hydrogens (tertiary/aromatic N) is 6. The van der Waals surface area contributed by atoms with E-state index in [1.807, 2.05) is 11.4 Å². The molecule has 2 aromatic carbocycles. The monoisotopic (exact) mass is 809 g/mol. The minimum Gasteiger partial charge on any atom is -0.349 e. The van der Waals surface area contributed by atoms with Gasteiger partial charge in [-0.15, -0.1) is 0 Å². The lowest BCUT2D eigenvalue weighted by molar-refractivity contribution is -0.485. The second-order valence-corrected chi connectivity index (χ2v) is 11.9. The number of carbonyl (C=O) groups excluding carboxylic acids is 2. The number of alkyl halides is 8. The van der Waals surface area contributed by atoms with Crippen LogP contribution in [0.1, 0.15) is 43.2 Å². The number of guanidine groups is 1. The summed E-state index contributed by atoms with van der Waals surface area (Å²) < 4.78 is 107. The van der Waals surface area contributed by atoms with Crippen molar-refractivity contribution in [2.75, 3.05) is 18.4 Å². The first-order chi connectivity index (χ1) is 25.2. The molecule has 13 nitrogen and oxygen atoms in total. The first-order valence-electron chi connectivity index (χ1n) is 15.0. The Kier molecular flexibility index (Phi) is 12.7. The number of hydrogen-bond acceptors (Lipinski definition) is 6. The van der Waals surface area contributed by atoms with E-state index in [4.69, 9.17) is 23.2 Å². The number of carbonyl (C=O) groups is 2. The number of aromatic nitrogens is 3. The molecule has 5 rings (SSSR count). The van der Waals surface area contributed by atoms with Crippen LogP contribution in [-0.4, -0.2) is 61.7 Å². The molecule has 0 aliphatic carbocycles. The first kappa shape index (κ1) is 41.2. The van der Waals surface area contributed by atoms with Crippen molar-refractivity contribution in [3.8, 4) is 0 Å². The zero-order chi connectivity index (χ0) is 40.0. The van der Waals surface area contributed by atoms with Gasteiger partial charge in [-0.05, 0) is 35.4 Å². The molecule has 1 saturated heterocycles. The third-order valence-corrected chi connectivity index (χ3v) is 7.82. The van der Waals surface area contributed by atoms with Crippen LogP contribution in [-0.2, 0) is 32.2 Å². The van der Waals surface area contributed by atoms with Gasteiger partial charge in [0.15, 0.2) is 10.7 Å². The molecule has 4 aromatic rings. The summed E-state index contributed by atoms with van der Waals surface area (Å²) in [5.74, 6) is -8.14. The van der Waals surface area contributed by atoms with Crippen LogP contribution >= 0.6 is 23.2 Å². The quantitative estimate of drug-likeness (QED) is 0.0737. The number of rotatable bonds is 9. The van der Waals surface area contributed by atoms with Crippen LogP contribution in [0.4, 0.5) is 40.8 Å². The van der Waals surface area contributed by atoms with Crippen LogP contribution in [0.5, 0.6) is 0 Å². The van der Waals surface area contributed by atoms with Gasteiger partial charge in [0.05, 0.1) is 10.6 Å². The smallest absolute Gasteiger partial charge is 0.349 e. The highest BCUT2D eigenvalue weighted by Crippen LogP contribution is 2.48. The summed E-state index contributed by atoms with van der Waals surface area (Å²) in [5, 5.41) is 23.3. The van der Waals surface area contributed by atoms with E-state index in [1.165, 1.54) is 0 Å². The highest BCUT2D eigenvalue weighted by atomic mass is 35.5. The summed E-state index contributed by atoms with van der Waals surface area (Å²) in [6.45, 7) is 1.93. The van der Waals surface area contributed by atoms with Crippen LogP contribution in [0.15, 0.2) is 72.0 Å². The summed E-state index contributed by atoms with van der Waals surface area (Å²) in [4.78, 5) is 41.2. The highest BCUT2D eigenvalue weighted by molar-refractivity contribution is 6.34. The number of hydrazone groups is 1. The average Bonchev–Trinajstić information content (AvgIpc) is 3.69. The van der Waals surface area contributed by atoms with Crippen LogP contribution in [0.2, 0.25) is 10.2 Å². The number of anilines is 1. The number of halogens is 10. The van der Waals surface area contributed by atoms with Crippen molar-refractivity contribution in [2.45, 2.75) is 31.4 Å². The van der Waals surface area contributed by atoms with Gasteiger partial charge in [-0.1, -0.05) is 59.6 Å². The van der Waals surface area contributed by atoms with Crippen LogP contribution in [0, 0.1) is 10.1 Å². The fraction of sp³-hybridized carbons (Fsp3) is 0.258. The molecule has 0 unspecified atom stereocenters. The Balaban J connectivity index is 0.000000317. The van der Waals surface area contributed by atoms with E-state index in [2.05, 4.69) is 25.8 Å². The Hall–Kier alpha value is -5.57. The number of amides is 2. The van der Waals surface area contributed by atoms with E-state index < -0.39 is 52.1 Å². The van der Waals surface area contributed by atoms with Crippen LogP contribution in [0.3, 0.4) is 0 Å². The predicted octanol–water partition coefficient (Wildman–Crippen LogP) is 6.62. The number of aryl methyl sites for hydroxylation is 1. The van der Waals surface area contributed by atoms with Crippen molar-refractivity contribution in [2.24, 2.45) is 12.1 Å². The standard InChI is InChI=1S/C22H15ClF8N4O2.C9H10ClN5O2/c1-35-16(15(21(26,27)28)17(34-35)20(24,25)22(29,30)31)19(37)33-12-7-8-14(23)13(9-12)18(36)32-10-11-5-3-2-4-6-11;10-8-2-1-7(5-12-8)6-14-4-3-11-9(14)13-15(16)17/h2-9H,10H2,1H3,(H,32,36)(H,33,37);1-2,5H,3-4,6H2,(H,11,13). The van der Waals surface area contributed by atoms with E-state index in [0.29, 0.717) is 31.8 Å². The molecule has 54 heavy (non-hydrogen) atoms. The first-order valence-corrected chi connectivity index (χ1v) is 15.8. The number of hydrogen-bond donors (Lipinski definition) is 3. The lowest BCUT2D eigenvalue weighted by Crippen LogP contribution is -2.36. The lowest BCUT2D eigenvalue weighted by Gasteiger charge is -2.19. The summed E-state index contributed by atoms with van der Waals surface area (Å²) in [6, 6.07) is 15.4. The Morgan fingerprint density at radius 2 is 1.67 bits per heavy atom. The van der Waals surface area contributed by atoms with Gasteiger partial charge in [0.25, 0.3) is 17.8 Å². The van der Waals surface area contributed by atoms with Gasteiger partial charge >= 0.3 is 18.3 Å². The summed E-state index contributed by atoms with van der Waals surface area (Å²) in [7, 11) is 0.602. The summed E-state index contributed by atoms with van der Waals surface area (Å²) in [6.07, 6.45) is -10.6. The van der Waals surface area contributed by atoms with Gasteiger partial charge in [-0.25, -0.2) is 15.1 Å². The molecular formula is C31H25Cl2F8N9O4. The highest BCUT2D eigenvalue weighted by Gasteiger charge is 2.64. The molecule has 1 aliphatic rings. The SMILES string of the molecule is Cn1nc(C(F)(F)C(F)(F)F)c(C(F)(F)F)c1C(=O)Nc1ccc(Cl)c(C(=O)NCc2ccccc2)c1.O=[N+]([O-])/N=C1\NCCN1Cc1ccc(Cl)nc1. The van der Waals surface area contributed by atoms with Crippen molar-refractivity contribution in [3.05, 3.63) is 121 Å². The van der Waals surface area contributed by atoms with Gasteiger partial charge < -0.3 is 20.9 Å². The largest absolute Gasteiger partial charge is 0.459 e. The molecule has 2 aromatic heterocycles. The van der Waals surface area contributed by atoms with Crippen molar-refractivity contribution < 1.29 is 49.7 Å². The number of nitrogens with one attached hydrogen (secondary N) is 3. The summed E-state index contributed by atoms with van der Waals surface area (Å²) >= 11 is 11.7. The fourth-order valence-electron chi connectivity index (χ4n) is 4.82. The second-order valence-electron chi connectivity index (χ2n) is 11.1. The molecule has 0 saturated carbocycles. The van der Waals surface area contributed by atoms with Crippen molar-refractivity contribution in [1.82, 2.24) is 30.3 Å². The van der Waals surface area contributed by atoms with Gasteiger partial charge in [-0.2, -0.15) is 40.2 Å². The maximum Gasteiger partial charge on any atom is 0.459 e. The number of benzene rings is 2. The molecule has 0 spiro atoms. The minimum absolute atomic E-state index is 0.0312. The minimum atomic E-state index is -6.41. The Morgan fingerprint density at radius 1 is 0.981 bits per heavy atom. The molecule has 2 amide bonds.